The molecule has 0 radical (unpaired) electrons. The van der Waals surface area contributed by atoms with Crippen LogP contribution in [0.5, 0.6) is 23.0 Å². The van der Waals surface area contributed by atoms with E-state index in [0.29, 0.717) is 53.0 Å². The van der Waals surface area contributed by atoms with Crippen molar-refractivity contribution in [3.63, 3.8) is 0 Å². The van der Waals surface area contributed by atoms with Crippen LogP contribution < -0.4 is 41.0 Å². The number of ether oxygens (including phenoxy) is 5. The Bertz CT molecular complexity index is 2730. The van der Waals surface area contributed by atoms with Gasteiger partial charge in [-0.25, -0.2) is 26.4 Å². The molecule has 22 heteroatoms. The molecule has 0 saturated heterocycles. The number of anilines is 2. The molecule has 4 aromatic carbocycles. The summed E-state index contributed by atoms with van der Waals surface area (Å²) in [6.07, 6.45) is 2.20. The number of benzene rings is 4. The van der Waals surface area contributed by atoms with E-state index in [1.54, 1.807) is 68.6 Å². The summed E-state index contributed by atoms with van der Waals surface area (Å²) in [6.45, 7) is 7.10. The van der Waals surface area contributed by atoms with Crippen LogP contribution in [0.15, 0.2) is 72.8 Å². The van der Waals surface area contributed by atoms with Crippen molar-refractivity contribution in [3.8, 4) is 23.0 Å². The van der Waals surface area contributed by atoms with Crippen molar-refractivity contribution in [2.45, 2.75) is 47.2 Å². The van der Waals surface area contributed by atoms with E-state index < -0.39 is 67.2 Å². The van der Waals surface area contributed by atoms with Crippen LogP contribution >= 0.6 is 0 Å². The fraction of sp³-hybridized carbons (Fsp3) is 0.348. The Kier molecular flexibility index (Phi) is 21.3. The largest absolute Gasteiger partial charge is 0.493 e. The monoisotopic (exact) mass is 987 g/mol. The molecule has 2 aliphatic rings. The summed E-state index contributed by atoms with van der Waals surface area (Å²) in [6, 6.07) is 17.4. The molecule has 2 heterocycles. The highest BCUT2D eigenvalue weighted by Gasteiger charge is 2.43. The second kappa shape index (κ2) is 25.3. The molecule has 2 aliphatic heterocycles. The normalized spacial score (nSPS) is 13.2. The summed E-state index contributed by atoms with van der Waals surface area (Å²) in [7, 11) is -2.19. The van der Waals surface area contributed by atoms with Crippen LogP contribution in [0.25, 0.3) is 0 Å². The number of sulfone groups is 2. The third-order valence-corrected chi connectivity index (χ3v) is 11.2. The van der Waals surface area contributed by atoms with E-state index in [1.165, 1.54) is 52.5 Å². The molecule has 68 heavy (non-hydrogen) atoms. The molecule has 0 aliphatic carbocycles. The summed E-state index contributed by atoms with van der Waals surface area (Å²) >= 11 is 0. The first-order chi connectivity index (χ1) is 31.5. The number of carbonyl (C=O) groups is 6. The van der Waals surface area contributed by atoms with E-state index in [1.807, 2.05) is 6.92 Å². The molecule has 370 valence electrons. The Morgan fingerprint density at radius 3 is 1.56 bits per heavy atom. The Labute approximate surface area is 396 Å². The topological polar surface area (TPSA) is 296 Å². The van der Waals surface area contributed by atoms with Gasteiger partial charge < -0.3 is 45.8 Å². The lowest BCUT2D eigenvalue weighted by Crippen LogP contribution is -2.37. The van der Waals surface area contributed by atoms with Gasteiger partial charge in [-0.3, -0.25) is 24.1 Å². The van der Waals surface area contributed by atoms with Crippen molar-refractivity contribution >= 4 is 66.6 Å². The minimum Gasteiger partial charge on any atom is -0.493 e. The SMILES string of the molecule is C.CC(=O)[15NH]c1cccc2c1C(=O)OC2=O.CCOc1cc([C@@H](CS(C)(=O)=O)N2C(=O)c3cccc([15NH]C(C)=O)c3C2=O)ccc1OC.CCOc1cc([C@H](N)CS(C)(=O)=O)ccc1OC.CN. The number of esters is 2. The van der Waals surface area contributed by atoms with Crippen LogP contribution in [0.4, 0.5) is 11.4 Å². The number of hydrogen-bond acceptors (Lipinski definition) is 17. The van der Waals surface area contributed by atoms with Gasteiger partial charge in [-0.1, -0.05) is 31.7 Å². The molecule has 20 nitrogen and oxygen atoms in total. The van der Waals surface area contributed by atoms with Crippen LogP contribution in [-0.4, -0.2) is 116 Å². The number of methoxy groups -OCH3 is 2. The number of nitrogens with zero attached hydrogens (tertiary/aromatic N) is 1. The second-order valence-corrected chi connectivity index (χ2v) is 18.8. The summed E-state index contributed by atoms with van der Waals surface area (Å²) < 4.78 is 72.8. The molecule has 6 rings (SSSR count). The van der Waals surface area contributed by atoms with Crippen molar-refractivity contribution in [3.05, 3.63) is 106 Å². The zero-order valence-corrected chi connectivity index (χ0v) is 40.1. The predicted octanol–water partition coefficient (Wildman–Crippen LogP) is 4.74. The average molecular weight is 988 g/mol. The number of hydrogen-bond donors (Lipinski definition) is 4. The number of imide groups is 1. The maximum absolute atomic E-state index is 13.3. The van der Waals surface area contributed by atoms with Crippen molar-refractivity contribution < 1.29 is 69.3 Å². The minimum absolute atomic E-state index is 0. The third-order valence-electron chi connectivity index (χ3n) is 9.28. The Morgan fingerprint density at radius 2 is 1.10 bits per heavy atom. The lowest BCUT2D eigenvalue weighted by atomic mass is 10.1. The molecule has 0 aromatic heterocycles. The second-order valence-electron chi connectivity index (χ2n) is 14.5. The maximum Gasteiger partial charge on any atom is 0.349 e. The molecule has 0 fully saturated rings. The number of cyclic esters (lactones) is 2. The summed E-state index contributed by atoms with van der Waals surface area (Å²) in [5.41, 5.74) is 12.4. The summed E-state index contributed by atoms with van der Waals surface area (Å²) in [5, 5.41) is 5.02. The van der Waals surface area contributed by atoms with Gasteiger partial charge in [0.05, 0.1) is 78.6 Å². The van der Waals surface area contributed by atoms with Crippen molar-refractivity contribution in [1.82, 2.24) is 4.90 Å². The average Bonchev–Trinajstić information content (AvgIpc) is 3.70. The Morgan fingerprint density at radius 1 is 0.647 bits per heavy atom. The molecule has 2 atom stereocenters. The minimum atomic E-state index is -3.60. The molecule has 0 bridgehead atoms. The zero-order valence-electron chi connectivity index (χ0n) is 38.5. The van der Waals surface area contributed by atoms with Gasteiger partial charge in [0.25, 0.3) is 11.8 Å². The number of nitrogens with one attached hydrogen (secondary N) is 2. The van der Waals surface area contributed by atoms with E-state index in [-0.39, 0.29) is 47.0 Å². The number of amides is 4. The van der Waals surface area contributed by atoms with E-state index >= 15 is 0 Å². The van der Waals surface area contributed by atoms with Crippen LogP contribution in [-0.2, 0) is 34.0 Å². The van der Waals surface area contributed by atoms with E-state index in [9.17, 15) is 45.6 Å². The van der Waals surface area contributed by atoms with Crippen molar-refractivity contribution in [1.29, 1.82) is 0 Å². The third kappa shape index (κ3) is 15.1. The van der Waals surface area contributed by atoms with E-state index in [2.05, 4.69) is 21.1 Å². The van der Waals surface area contributed by atoms with E-state index in [0.717, 1.165) is 11.2 Å². The molecule has 0 unspecified atom stereocenters. The molecule has 4 aromatic rings. The van der Waals surface area contributed by atoms with Gasteiger partial charge >= 0.3 is 11.9 Å². The molecular formula is C46H59N5O15S2. The summed E-state index contributed by atoms with van der Waals surface area (Å²) in [4.78, 5) is 72.3. The molecular weight excluding hydrogens is 929 g/mol. The number of fused-ring (bicyclic) bond motifs is 2. The molecule has 6 N–H and O–H groups in total. The maximum atomic E-state index is 13.3. The predicted molar refractivity (Wildman–Crippen MR) is 256 cm³/mol. The van der Waals surface area contributed by atoms with Crippen molar-refractivity contribution in [2.24, 2.45) is 11.5 Å². The van der Waals surface area contributed by atoms with Gasteiger partial charge in [-0.2, -0.15) is 0 Å². The quantitative estimate of drug-likeness (QED) is 0.0541. The highest BCUT2D eigenvalue weighted by atomic mass is 32.2. The Hall–Kier alpha value is -6.88. The zero-order chi connectivity index (χ0) is 50.4. The highest BCUT2D eigenvalue weighted by Crippen LogP contribution is 2.39. The number of carbonyl (C=O) groups excluding carboxylic acids is 6. The Balaban J connectivity index is 0.000000373. The summed E-state index contributed by atoms with van der Waals surface area (Å²) in [5.74, 6) is -2.04. The lowest BCUT2D eigenvalue weighted by Gasteiger charge is -2.27. The van der Waals surface area contributed by atoms with Crippen LogP contribution in [0.3, 0.4) is 0 Å². The first-order valence-electron chi connectivity index (χ1n) is 20.3. The number of rotatable bonds is 15. The van der Waals surface area contributed by atoms with Gasteiger partial charge in [-0.15, -0.1) is 0 Å². The van der Waals surface area contributed by atoms with Crippen molar-refractivity contribution in [2.75, 3.05) is 69.1 Å². The smallest absolute Gasteiger partial charge is 0.349 e. The standard InChI is InChI=1S/C22H24N2O7S.C12H19NO4S.C10H7NO4.CH5N.CH4/c1-5-31-19-11-14(9-10-18(19)30-3)17(12-32(4,28)29)24-21(26)15-7-6-8-16(23-13(2)25)20(15)22(24)27;1-4-17-12-7-9(5-6-11(12)16-2)10(13)8-18(3,14)15;1-5(12)11-7-4-2-3-6-8(7)10(14)15-9(6)13;1-2;/h6-11,17H,5,12H2,1-4H3,(H,23,25);5-7,10H,4,8,13H2,1-3H3;2-4H,1H3,(H,11,12);2H2,1H3;1H4/t17-;10-;;;/m11.../s1/i23+1;;11+1;;. The van der Waals surface area contributed by atoms with Crippen LogP contribution in [0, 0.1) is 0 Å². The lowest BCUT2D eigenvalue weighted by molar-refractivity contribution is -0.115. The van der Waals surface area contributed by atoms with Gasteiger partial charge in [0, 0.05) is 32.4 Å². The van der Waals surface area contributed by atoms with Gasteiger partial charge in [0.2, 0.25) is 11.8 Å². The first kappa shape index (κ1) is 57.2. The van der Waals surface area contributed by atoms with Gasteiger partial charge in [0.15, 0.2) is 23.0 Å². The molecule has 4 amide bonds. The fourth-order valence-electron chi connectivity index (χ4n) is 6.70. The van der Waals surface area contributed by atoms with Gasteiger partial charge in [0.1, 0.15) is 19.7 Å². The fourth-order valence-corrected chi connectivity index (χ4v) is 8.46. The van der Waals surface area contributed by atoms with E-state index in [4.69, 9.17) is 24.7 Å². The first-order valence-corrected chi connectivity index (χ1v) is 24.4. The highest BCUT2D eigenvalue weighted by molar-refractivity contribution is 7.90. The molecule has 0 saturated carbocycles. The van der Waals surface area contributed by atoms with Crippen LogP contribution in [0.1, 0.15) is 99.8 Å². The molecule has 0 spiro atoms. The van der Waals surface area contributed by atoms with Crippen LogP contribution in [0.2, 0.25) is 0 Å². The van der Waals surface area contributed by atoms with Gasteiger partial charge in [-0.05, 0) is 80.6 Å². The number of nitrogens with two attached hydrogens (primary N) is 2.